The van der Waals surface area contributed by atoms with Gasteiger partial charge < -0.3 is 24.8 Å². The highest BCUT2D eigenvalue weighted by atomic mass is 19.1. The Morgan fingerprint density at radius 1 is 1.02 bits per heavy atom. The third-order valence-electron chi connectivity index (χ3n) is 8.59. The molecule has 0 amide bonds. The molecule has 3 fully saturated rings. The van der Waals surface area contributed by atoms with Crippen LogP contribution in [0.2, 0.25) is 0 Å². The Kier molecular flexibility index (Phi) is 7.39. The first-order chi connectivity index (χ1) is 21.4. The van der Waals surface area contributed by atoms with E-state index in [-0.39, 0.29) is 57.3 Å². The summed E-state index contributed by atoms with van der Waals surface area (Å²) in [6.07, 6.45) is 13.7. The summed E-state index contributed by atoms with van der Waals surface area (Å²) >= 11 is 0. The number of hydrogen-bond acceptors (Lipinski definition) is 9. The molecule has 2 N–H and O–H groups in total. The molecule has 0 radical (unpaired) electrons. The normalized spacial score (nSPS) is 20.1. The van der Waals surface area contributed by atoms with E-state index in [0.29, 0.717) is 56.0 Å². The van der Waals surface area contributed by atoms with Crippen LogP contribution in [-0.2, 0) is 4.74 Å². The van der Waals surface area contributed by atoms with Gasteiger partial charge >= 0.3 is 6.01 Å². The van der Waals surface area contributed by atoms with Crippen LogP contribution < -0.4 is 15.0 Å². The second kappa shape index (κ2) is 11.5. The molecule has 3 aliphatic heterocycles. The first kappa shape index (κ1) is 28.2. The number of nitrogens with one attached hydrogen (secondary N) is 1. The summed E-state index contributed by atoms with van der Waals surface area (Å²) in [7, 11) is 0. The third kappa shape index (κ3) is 5.03. The van der Waals surface area contributed by atoms with E-state index in [2.05, 4.69) is 36.9 Å². The molecule has 2 aromatic heterocycles. The SMILES string of the molecule is C#Cc1c(F)ccc2cc(O)cc(-c3nc(C#C)c4c(N5CC6CCC(C5)N6)nc(OCCN5CCOCC5)nc4c3F)c12. The van der Waals surface area contributed by atoms with Gasteiger partial charge in [-0.05, 0) is 42.3 Å². The summed E-state index contributed by atoms with van der Waals surface area (Å²) in [5, 5.41) is 15.1. The molecule has 7 rings (SSSR count). The predicted molar refractivity (Wildman–Crippen MR) is 163 cm³/mol. The zero-order valence-electron chi connectivity index (χ0n) is 23.9. The lowest BCUT2D eigenvalue weighted by Gasteiger charge is -2.34. The number of phenols is 1. The molecule has 2 atom stereocenters. The highest BCUT2D eigenvalue weighted by molar-refractivity contribution is 6.04. The molecule has 2 bridgehead atoms. The van der Waals surface area contributed by atoms with E-state index in [1.165, 1.54) is 24.3 Å². The number of rotatable bonds is 6. The zero-order valence-corrected chi connectivity index (χ0v) is 23.9. The van der Waals surface area contributed by atoms with Crippen molar-refractivity contribution in [3.63, 3.8) is 0 Å². The Morgan fingerprint density at radius 3 is 2.52 bits per heavy atom. The van der Waals surface area contributed by atoms with Gasteiger partial charge in [-0.15, -0.1) is 12.8 Å². The largest absolute Gasteiger partial charge is 0.508 e. The standard InChI is InChI=1S/C33H30F2N6O3/c1-3-23-25(34)8-5-19-15-22(42)16-24(27(19)23)30-29(35)31-28(26(4-2)37-30)32(41-17-20-6-7-21(18-41)36-20)39-33(38-31)44-14-11-40-9-12-43-13-10-40/h1-2,5,8,15-16,20-21,36,42H,6-7,9-14,17-18H2. The van der Waals surface area contributed by atoms with Crippen molar-refractivity contribution in [1.29, 1.82) is 0 Å². The van der Waals surface area contributed by atoms with E-state index < -0.39 is 11.6 Å². The predicted octanol–water partition coefficient (Wildman–Crippen LogP) is 3.44. The molecule has 0 spiro atoms. The Hall–Kier alpha value is -4.55. The van der Waals surface area contributed by atoms with Crippen LogP contribution in [0, 0.1) is 36.3 Å². The second-order valence-electron chi connectivity index (χ2n) is 11.3. The maximum atomic E-state index is 16.8. The fourth-order valence-electron chi connectivity index (χ4n) is 6.52. The molecule has 5 heterocycles. The smallest absolute Gasteiger partial charge is 0.319 e. The number of aromatic nitrogens is 3. The molecule has 224 valence electrons. The number of morpholine rings is 1. The van der Waals surface area contributed by atoms with Crippen LogP contribution in [0.3, 0.4) is 0 Å². The lowest BCUT2D eigenvalue weighted by atomic mass is 9.95. The Morgan fingerprint density at radius 2 is 1.80 bits per heavy atom. The maximum absolute atomic E-state index is 16.8. The van der Waals surface area contributed by atoms with E-state index in [4.69, 9.17) is 27.3 Å². The number of halogens is 2. The number of fused-ring (bicyclic) bond motifs is 4. The molecule has 4 aromatic rings. The minimum atomic E-state index is -0.807. The molecule has 3 saturated heterocycles. The monoisotopic (exact) mass is 596 g/mol. The van der Waals surface area contributed by atoms with E-state index >= 15 is 4.39 Å². The van der Waals surface area contributed by atoms with Gasteiger partial charge in [-0.25, -0.2) is 13.8 Å². The van der Waals surface area contributed by atoms with Gasteiger partial charge in [-0.2, -0.15) is 9.97 Å². The lowest BCUT2D eigenvalue weighted by Crippen LogP contribution is -2.51. The van der Waals surface area contributed by atoms with Crippen molar-refractivity contribution >= 4 is 27.5 Å². The highest BCUT2D eigenvalue weighted by Crippen LogP contribution is 2.40. The van der Waals surface area contributed by atoms with Crippen LogP contribution in [0.5, 0.6) is 11.8 Å². The van der Waals surface area contributed by atoms with Gasteiger partial charge in [0.25, 0.3) is 0 Å². The van der Waals surface area contributed by atoms with Crippen LogP contribution in [0.4, 0.5) is 14.6 Å². The molecular formula is C33H30F2N6O3. The number of terminal acetylenes is 2. The van der Waals surface area contributed by atoms with Crippen molar-refractivity contribution < 1.29 is 23.4 Å². The van der Waals surface area contributed by atoms with Gasteiger partial charge in [0, 0.05) is 55.8 Å². The van der Waals surface area contributed by atoms with Crippen LogP contribution in [-0.4, -0.2) is 89.6 Å². The summed E-state index contributed by atoms with van der Waals surface area (Å²) < 4.78 is 43.1. The number of pyridine rings is 1. The van der Waals surface area contributed by atoms with Crippen molar-refractivity contribution in [2.24, 2.45) is 0 Å². The number of hydrogen-bond donors (Lipinski definition) is 2. The topological polar surface area (TPSA) is 95.9 Å². The molecule has 0 aliphatic carbocycles. The summed E-state index contributed by atoms with van der Waals surface area (Å²) in [6.45, 7) is 5.15. The first-order valence-electron chi connectivity index (χ1n) is 14.7. The highest BCUT2D eigenvalue weighted by Gasteiger charge is 2.35. The fraction of sp³-hybridized carbons (Fsp3) is 0.364. The summed E-state index contributed by atoms with van der Waals surface area (Å²) in [4.78, 5) is 18.1. The number of anilines is 1. The summed E-state index contributed by atoms with van der Waals surface area (Å²) in [5.41, 5.74) is -0.147. The maximum Gasteiger partial charge on any atom is 0.319 e. The minimum Gasteiger partial charge on any atom is -0.508 e. The molecule has 11 heteroatoms. The second-order valence-corrected chi connectivity index (χ2v) is 11.3. The number of ether oxygens (including phenoxy) is 2. The van der Waals surface area contributed by atoms with Crippen molar-refractivity contribution in [3.05, 3.63) is 47.2 Å². The summed E-state index contributed by atoms with van der Waals surface area (Å²) in [6, 6.07) is 5.96. The molecule has 44 heavy (non-hydrogen) atoms. The molecule has 2 aromatic carbocycles. The molecular weight excluding hydrogens is 566 g/mol. The number of aromatic hydroxyl groups is 1. The van der Waals surface area contributed by atoms with Crippen molar-refractivity contribution in [1.82, 2.24) is 25.2 Å². The number of piperazine rings is 1. The molecule has 9 nitrogen and oxygen atoms in total. The Labute approximate surface area is 253 Å². The van der Waals surface area contributed by atoms with E-state index in [9.17, 15) is 9.50 Å². The van der Waals surface area contributed by atoms with Crippen molar-refractivity contribution in [2.75, 3.05) is 57.4 Å². The number of phenolic OH excluding ortho intramolecular Hbond substituents is 1. The zero-order chi connectivity index (χ0) is 30.4. The average Bonchev–Trinajstić information content (AvgIpc) is 3.38. The Bertz CT molecular complexity index is 1850. The number of nitrogens with zero attached hydrogens (tertiary/aromatic N) is 5. The lowest BCUT2D eigenvalue weighted by molar-refractivity contribution is 0.0317. The van der Waals surface area contributed by atoms with Crippen LogP contribution in [0.1, 0.15) is 24.1 Å². The quantitative estimate of drug-likeness (QED) is 0.325. The fourth-order valence-corrected chi connectivity index (χ4v) is 6.52. The third-order valence-corrected chi connectivity index (χ3v) is 8.59. The van der Waals surface area contributed by atoms with Crippen molar-refractivity contribution in [3.8, 4) is 47.7 Å². The van der Waals surface area contributed by atoms with Gasteiger partial charge in [0.1, 0.15) is 40.9 Å². The minimum absolute atomic E-state index is 0.0155. The number of benzene rings is 2. The Balaban J connectivity index is 1.40. The molecule has 0 saturated carbocycles. The molecule has 3 aliphatic rings. The van der Waals surface area contributed by atoms with Crippen LogP contribution in [0.15, 0.2) is 24.3 Å². The van der Waals surface area contributed by atoms with Gasteiger partial charge in [0.2, 0.25) is 0 Å². The van der Waals surface area contributed by atoms with Crippen molar-refractivity contribution in [2.45, 2.75) is 24.9 Å². The van der Waals surface area contributed by atoms with E-state index in [1.54, 1.807) is 0 Å². The van der Waals surface area contributed by atoms with E-state index in [1.807, 2.05) is 0 Å². The van der Waals surface area contributed by atoms with Gasteiger partial charge in [-0.3, -0.25) is 4.90 Å². The van der Waals surface area contributed by atoms with Gasteiger partial charge in [-0.1, -0.05) is 12.0 Å². The van der Waals surface area contributed by atoms with Gasteiger partial charge in [0.15, 0.2) is 5.82 Å². The first-order valence-corrected chi connectivity index (χ1v) is 14.7. The summed E-state index contributed by atoms with van der Waals surface area (Å²) in [5.74, 6) is 3.78. The van der Waals surface area contributed by atoms with Gasteiger partial charge in [0.05, 0.1) is 24.2 Å². The van der Waals surface area contributed by atoms with Crippen LogP contribution in [0.25, 0.3) is 32.9 Å². The van der Waals surface area contributed by atoms with E-state index in [0.717, 1.165) is 25.9 Å². The van der Waals surface area contributed by atoms with Crippen LogP contribution >= 0.6 is 0 Å². The average molecular weight is 597 g/mol. The molecule has 2 unspecified atom stereocenters.